The van der Waals surface area contributed by atoms with Gasteiger partial charge in [-0.3, -0.25) is 4.79 Å². The second kappa shape index (κ2) is 9.14. The molecule has 0 aliphatic rings. The third-order valence-corrected chi connectivity index (χ3v) is 4.54. The lowest BCUT2D eigenvalue weighted by atomic mass is 9.96. The Hall–Kier alpha value is -2.92. The van der Waals surface area contributed by atoms with Crippen LogP contribution in [0.2, 0.25) is 0 Å². The molecule has 1 heterocycles. The molecule has 1 atom stereocenters. The second-order valence-corrected chi connectivity index (χ2v) is 6.49. The maximum absolute atomic E-state index is 12.4. The Labute approximate surface area is 159 Å². The van der Waals surface area contributed by atoms with Gasteiger partial charge in [-0.1, -0.05) is 48.5 Å². The van der Waals surface area contributed by atoms with Gasteiger partial charge in [0.15, 0.2) is 0 Å². The summed E-state index contributed by atoms with van der Waals surface area (Å²) in [5.74, 6) is 1.15. The topological polar surface area (TPSA) is 75.4 Å². The van der Waals surface area contributed by atoms with Gasteiger partial charge in [-0.15, -0.1) is 0 Å². The molecule has 27 heavy (non-hydrogen) atoms. The standard InChI is InChI=1S/C22H24N2O3/c1-16-20(24-22(27-16)18-10-6-3-7-11-18)14-21(26)23-15-19(12-13-25)17-8-4-2-5-9-17/h2-11,19,25H,12-15H2,1H3,(H,23,26)/t19-/m0/s1. The largest absolute Gasteiger partial charge is 0.441 e. The lowest BCUT2D eigenvalue weighted by molar-refractivity contribution is -0.120. The van der Waals surface area contributed by atoms with Crippen molar-refractivity contribution in [2.24, 2.45) is 0 Å². The predicted octanol–water partition coefficient (Wildman–Crippen LogP) is 3.47. The molecule has 0 spiro atoms. The fourth-order valence-corrected chi connectivity index (χ4v) is 3.02. The van der Waals surface area contributed by atoms with Gasteiger partial charge < -0.3 is 14.8 Å². The van der Waals surface area contributed by atoms with Crippen LogP contribution in [0.4, 0.5) is 0 Å². The molecule has 2 N–H and O–H groups in total. The summed E-state index contributed by atoms with van der Waals surface area (Å²) in [6.45, 7) is 2.38. The van der Waals surface area contributed by atoms with Crippen molar-refractivity contribution >= 4 is 5.91 Å². The van der Waals surface area contributed by atoms with E-state index in [4.69, 9.17) is 4.42 Å². The summed E-state index contributed by atoms with van der Waals surface area (Å²) < 4.78 is 5.71. The van der Waals surface area contributed by atoms with Gasteiger partial charge in [0.25, 0.3) is 0 Å². The van der Waals surface area contributed by atoms with Crippen LogP contribution in [0.1, 0.15) is 29.4 Å². The minimum absolute atomic E-state index is 0.0816. The summed E-state index contributed by atoms with van der Waals surface area (Å²) in [5.41, 5.74) is 2.64. The van der Waals surface area contributed by atoms with Crippen molar-refractivity contribution in [3.05, 3.63) is 77.7 Å². The molecule has 0 aliphatic heterocycles. The number of aromatic nitrogens is 1. The molecule has 0 saturated heterocycles. The third-order valence-electron chi connectivity index (χ3n) is 4.54. The van der Waals surface area contributed by atoms with E-state index < -0.39 is 0 Å². The first-order valence-electron chi connectivity index (χ1n) is 9.11. The first-order valence-corrected chi connectivity index (χ1v) is 9.11. The van der Waals surface area contributed by atoms with Crippen molar-refractivity contribution in [1.82, 2.24) is 10.3 Å². The quantitative estimate of drug-likeness (QED) is 0.642. The normalized spacial score (nSPS) is 11.9. The number of nitrogens with zero attached hydrogens (tertiary/aromatic N) is 1. The molecule has 0 saturated carbocycles. The van der Waals surface area contributed by atoms with Crippen molar-refractivity contribution in [3.63, 3.8) is 0 Å². The van der Waals surface area contributed by atoms with Crippen molar-refractivity contribution in [2.75, 3.05) is 13.2 Å². The van der Waals surface area contributed by atoms with Crippen LogP contribution in [0.15, 0.2) is 65.1 Å². The van der Waals surface area contributed by atoms with Crippen molar-refractivity contribution in [3.8, 4) is 11.5 Å². The van der Waals surface area contributed by atoms with Gasteiger partial charge in [-0.2, -0.15) is 0 Å². The predicted molar refractivity (Wildman–Crippen MR) is 104 cm³/mol. The minimum Gasteiger partial charge on any atom is -0.441 e. The molecule has 2 aromatic carbocycles. The molecule has 1 amide bonds. The molecule has 140 valence electrons. The van der Waals surface area contributed by atoms with E-state index in [1.807, 2.05) is 67.6 Å². The maximum atomic E-state index is 12.4. The zero-order valence-corrected chi connectivity index (χ0v) is 15.4. The van der Waals surface area contributed by atoms with Crippen LogP contribution in [0.3, 0.4) is 0 Å². The maximum Gasteiger partial charge on any atom is 0.226 e. The number of benzene rings is 2. The fraction of sp³-hybridized carbons (Fsp3) is 0.273. The highest BCUT2D eigenvalue weighted by molar-refractivity contribution is 5.78. The lowest BCUT2D eigenvalue weighted by Gasteiger charge is -2.17. The van der Waals surface area contributed by atoms with E-state index in [0.29, 0.717) is 30.3 Å². The highest BCUT2D eigenvalue weighted by Gasteiger charge is 2.16. The lowest BCUT2D eigenvalue weighted by Crippen LogP contribution is -2.30. The summed E-state index contributed by atoms with van der Waals surface area (Å²) in [4.78, 5) is 16.9. The SMILES string of the molecule is Cc1oc(-c2ccccc2)nc1CC(=O)NC[C@H](CCO)c1ccccc1. The molecular weight excluding hydrogens is 340 g/mol. The summed E-state index contributed by atoms with van der Waals surface area (Å²) in [6, 6.07) is 19.5. The van der Waals surface area contributed by atoms with Crippen LogP contribution in [0, 0.1) is 6.92 Å². The zero-order chi connectivity index (χ0) is 19.1. The molecule has 0 unspecified atom stereocenters. The molecule has 0 bridgehead atoms. The van der Waals surface area contributed by atoms with Gasteiger partial charge in [0.2, 0.25) is 11.8 Å². The van der Waals surface area contributed by atoms with E-state index in [0.717, 1.165) is 11.1 Å². The summed E-state index contributed by atoms with van der Waals surface area (Å²) in [5, 5.41) is 12.3. The van der Waals surface area contributed by atoms with Crippen LogP contribution in [0.5, 0.6) is 0 Å². The summed E-state index contributed by atoms with van der Waals surface area (Å²) in [6.07, 6.45) is 0.772. The average Bonchev–Trinajstić information content (AvgIpc) is 3.07. The zero-order valence-electron chi connectivity index (χ0n) is 15.4. The Morgan fingerprint density at radius 2 is 1.78 bits per heavy atom. The Kier molecular flexibility index (Phi) is 6.39. The van der Waals surface area contributed by atoms with Gasteiger partial charge in [0, 0.05) is 24.6 Å². The highest BCUT2D eigenvalue weighted by Crippen LogP contribution is 2.22. The molecule has 1 aromatic heterocycles. The van der Waals surface area contributed by atoms with E-state index in [2.05, 4.69) is 10.3 Å². The number of aryl methyl sites for hydroxylation is 1. The van der Waals surface area contributed by atoms with Crippen molar-refractivity contribution in [1.29, 1.82) is 0 Å². The minimum atomic E-state index is -0.107. The first-order chi connectivity index (χ1) is 13.2. The number of carbonyl (C=O) groups excluding carboxylic acids is 1. The number of oxazole rings is 1. The number of rotatable bonds is 8. The Morgan fingerprint density at radius 3 is 2.44 bits per heavy atom. The fourth-order valence-electron chi connectivity index (χ4n) is 3.02. The Morgan fingerprint density at radius 1 is 1.11 bits per heavy atom. The third kappa shape index (κ3) is 5.05. The number of hydrogen-bond donors (Lipinski definition) is 2. The molecule has 0 aliphatic carbocycles. The summed E-state index contributed by atoms with van der Waals surface area (Å²) in [7, 11) is 0. The average molecular weight is 364 g/mol. The second-order valence-electron chi connectivity index (χ2n) is 6.49. The van der Waals surface area contributed by atoms with E-state index in [1.165, 1.54) is 0 Å². The van der Waals surface area contributed by atoms with Crippen LogP contribution in [-0.4, -0.2) is 29.1 Å². The monoisotopic (exact) mass is 364 g/mol. The smallest absolute Gasteiger partial charge is 0.226 e. The molecule has 5 nitrogen and oxygen atoms in total. The van der Waals surface area contributed by atoms with Gasteiger partial charge in [0.05, 0.1) is 12.1 Å². The van der Waals surface area contributed by atoms with E-state index in [9.17, 15) is 9.90 Å². The Bertz CT molecular complexity index is 860. The first kappa shape index (κ1) is 18.9. The van der Waals surface area contributed by atoms with Gasteiger partial charge in [-0.25, -0.2) is 4.98 Å². The van der Waals surface area contributed by atoms with Crippen LogP contribution in [-0.2, 0) is 11.2 Å². The van der Waals surface area contributed by atoms with Gasteiger partial charge >= 0.3 is 0 Å². The molecule has 5 heteroatoms. The number of aliphatic hydroxyl groups is 1. The van der Waals surface area contributed by atoms with Gasteiger partial charge in [-0.05, 0) is 31.0 Å². The molecular formula is C22H24N2O3. The highest BCUT2D eigenvalue weighted by atomic mass is 16.4. The number of nitrogens with one attached hydrogen (secondary N) is 1. The molecule has 0 radical (unpaired) electrons. The molecule has 0 fully saturated rings. The van der Waals surface area contributed by atoms with Crippen LogP contribution in [0.25, 0.3) is 11.5 Å². The van der Waals surface area contributed by atoms with E-state index >= 15 is 0 Å². The van der Waals surface area contributed by atoms with Crippen LogP contribution < -0.4 is 5.32 Å². The van der Waals surface area contributed by atoms with E-state index in [1.54, 1.807) is 0 Å². The van der Waals surface area contributed by atoms with Crippen molar-refractivity contribution < 1.29 is 14.3 Å². The number of amides is 1. The number of aliphatic hydroxyl groups excluding tert-OH is 1. The summed E-state index contributed by atoms with van der Waals surface area (Å²) >= 11 is 0. The molecule has 3 rings (SSSR count). The number of carbonyl (C=O) groups is 1. The molecule has 3 aromatic rings. The van der Waals surface area contributed by atoms with Crippen molar-refractivity contribution in [2.45, 2.75) is 25.7 Å². The Balaban J connectivity index is 1.61. The van der Waals surface area contributed by atoms with E-state index in [-0.39, 0.29) is 24.9 Å². The number of hydrogen-bond acceptors (Lipinski definition) is 4. The van der Waals surface area contributed by atoms with Crippen LogP contribution >= 0.6 is 0 Å². The van der Waals surface area contributed by atoms with Gasteiger partial charge in [0.1, 0.15) is 5.76 Å².